The summed E-state index contributed by atoms with van der Waals surface area (Å²) in [5.41, 5.74) is 23.1. The van der Waals surface area contributed by atoms with Gasteiger partial charge >= 0.3 is 23.3 Å². The number of aryl methyl sites for hydroxylation is 11. The molecule has 0 fully saturated rings. The van der Waals surface area contributed by atoms with Gasteiger partial charge in [0.05, 0.1) is 59.6 Å². The van der Waals surface area contributed by atoms with Gasteiger partial charge in [-0.15, -0.1) is 4.68 Å². The number of rotatable bonds is 4. The standard InChI is InChI=1S/2C29H29N2.C28H26FN2.C28H28N3/c2*1-18-23-13-9-10-14-24(23)26(29(3,4)5)16-25(18)28-30-27-19(2)22-12-8-7-11-20(22)15-21(27)17-31(28)6;1-17-20-11-8-9-13-22(20)24(28(2,3)4)15-23(17)27-30-26-19(16-31(27)5)14-18-10-6-7-12-21(18)25(26)29;1-17-21-13-9-10-14-22(21)24(28(3,4)5)16-23(17)27-29-26-18(2)20-12-8-7-11-19(20)15-25(26)30-31(27)6/h2*7-17H,1-6H3;6-16H,1-5H3;7-16H,1-6H3/q4*+1. The molecule has 0 aliphatic carbocycles. The summed E-state index contributed by atoms with van der Waals surface area (Å²) in [6, 6.07) is 85.8. The fourth-order valence-electron chi connectivity index (χ4n) is 19.1. The molecule has 0 saturated heterocycles. The van der Waals surface area contributed by atoms with Gasteiger partial charge in [-0.05, 0) is 264 Å². The van der Waals surface area contributed by atoms with Crippen LogP contribution in [0.5, 0.6) is 0 Å². The Balaban J connectivity index is 0.000000117. The third kappa shape index (κ3) is 15.0. The van der Waals surface area contributed by atoms with Crippen molar-refractivity contribution in [3.63, 3.8) is 0 Å². The van der Waals surface area contributed by atoms with E-state index in [0.717, 1.165) is 72.8 Å². The molecule has 0 aliphatic heterocycles. The summed E-state index contributed by atoms with van der Waals surface area (Å²) >= 11 is 0. The predicted octanol–water partition coefficient (Wildman–Crippen LogP) is 27.0. The molecule has 0 aliphatic rings. The molecule has 20 aromatic rings. The van der Waals surface area contributed by atoms with E-state index in [2.05, 4.69) is 379 Å². The lowest BCUT2D eigenvalue weighted by Crippen LogP contribution is -2.37. The monoisotopic (exact) mass is 1630 g/mol. The zero-order valence-electron chi connectivity index (χ0n) is 76.2. The van der Waals surface area contributed by atoms with Crippen molar-refractivity contribution in [2.24, 2.45) is 28.2 Å². The van der Waals surface area contributed by atoms with Gasteiger partial charge < -0.3 is 0 Å². The number of aromatic nitrogens is 9. The Labute approximate surface area is 728 Å². The number of halogens is 1. The molecule has 9 nitrogen and oxygen atoms in total. The van der Waals surface area contributed by atoms with E-state index in [-0.39, 0.29) is 27.5 Å². The minimum atomic E-state index is -0.260. The van der Waals surface area contributed by atoms with E-state index >= 15 is 4.39 Å². The topological polar surface area (TPSA) is 80.0 Å². The van der Waals surface area contributed by atoms with Crippen LogP contribution in [-0.2, 0) is 49.9 Å². The second-order valence-electron chi connectivity index (χ2n) is 38.4. The number of hydrogen-bond acceptors (Lipinski definition) is 5. The summed E-state index contributed by atoms with van der Waals surface area (Å²) in [6.07, 6.45) is 6.43. The van der Waals surface area contributed by atoms with Gasteiger partial charge in [-0.3, -0.25) is 0 Å². The van der Waals surface area contributed by atoms with Crippen LogP contribution < -0.4 is 18.4 Å². The van der Waals surface area contributed by atoms with Gasteiger partial charge in [0.1, 0.15) is 25.6 Å². The van der Waals surface area contributed by atoms with E-state index in [1.54, 1.807) is 0 Å². The summed E-state index contributed by atoms with van der Waals surface area (Å²) in [6.45, 7) is 42.6. The molecule has 124 heavy (non-hydrogen) atoms. The molecule has 0 unspecified atom stereocenters. The van der Waals surface area contributed by atoms with Gasteiger partial charge in [-0.25, -0.2) is 18.1 Å². The summed E-state index contributed by atoms with van der Waals surface area (Å²) in [4.78, 5) is 20.6. The largest absolute Gasteiger partial charge is 0.351 e. The molecule has 0 bridgehead atoms. The van der Waals surface area contributed by atoms with Crippen molar-refractivity contribution in [3.8, 4) is 45.6 Å². The van der Waals surface area contributed by atoms with Crippen molar-refractivity contribution >= 4 is 130 Å². The van der Waals surface area contributed by atoms with E-state index in [1.165, 1.54) is 153 Å². The van der Waals surface area contributed by atoms with Gasteiger partial charge in [-0.2, -0.15) is 0 Å². The summed E-state index contributed by atoms with van der Waals surface area (Å²) in [5.74, 6) is 3.44. The van der Waals surface area contributed by atoms with Crippen molar-refractivity contribution in [2.75, 3.05) is 0 Å². The molecule has 0 spiro atoms. The molecular weight excluding hydrogens is 1510 g/mol. The van der Waals surface area contributed by atoms with Gasteiger partial charge in [-0.1, -0.05) is 282 Å². The van der Waals surface area contributed by atoms with Crippen molar-refractivity contribution in [1.29, 1.82) is 0 Å². The van der Waals surface area contributed by atoms with Gasteiger partial charge in [0, 0.05) is 22.1 Å². The van der Waals surface area contributed by atoms with E-state index in [9.17, 15) is 0 Å². The first-order chi connectivity index (χ1) is 59.0. The Morgan fingerprint density at radius 3 is 0.782 bits per heavy atom. The molecule has 4 heterocycles. The highest BCUT2D eigenvalue weighted by Gasteiger charge is 2.33. The third-order valence-electron chi connectivity index (χ3n) is 25.7. The summed E-state index contributed by atoms with van der Waals surface area (Å²) in [7, 11) is 8.20. The quantitative estimate of drug-likeness (QED) is 0.130. The van der Waals surface area contributed by atoms with Crippen LogP contribution >= 0.6 is 0 Å². The molecule has 20 rings (SSSR count). The molecule has 0 amide bonds. The highest BCUT2D eigenvalue weighted by atomic mass is 19.1. The molecule has 0 atom stereocenters. The minimum Gasteiger partial charge on any atom is -0.232 e. The fourth-order valence-corrected chi connectivity index (χ4v) is 19.1. The van der Waals surface area contributed by atoms with Gasteiger partial charge in [0.15, 0.2) is 22.4 Å². The van der Waals surface area contributed by atoms with Crippen molar-refractivity contribution in [2.45, 2.75) is 153 Å². The molecule has 10 heteroatoms. The van der Waals surface area contributed by atoms with Crippen LogP contribution in [0.15, 0.2) is 261 Å². The van der Waals surface area contributed by atoms with Gasteiger partial charge in [0.25, 0.3) is 0 Å². The van der Waals surface area contributed by atoms with Crippen molar-refractivity contribution in [1.82, 2.24) is 25.0 Å². The summed E-state index contributed by atoms with van der Waals surface area (Å²) < 4.78 is 23.7. The van der Waals surface area contributed by atoms with Crippen LogP contribution in [0.4, 0.5) is 4.39 Å². The fraction of sp³-hybridized carbons (Fsp3) is 0.237. The number of nitrogens with zero attached hydrogens (tertiary/aromatic N) is 9. The van der Waals surface area contributed by atoms with Crippen molar-refractivity contribution < 1.29 is 22.8 Å². The molecular formula is C114H112FN9+4. The first kappa shape index (κ1) is 83.1. The highest BCUT2D eigenvalue weighted by Crippen LogP contribution is 2.44. The average molecular weight is 1630 g/mol. The highest BCUT2D eigenvalue weighted by molar-refractivity contribution is 6.05. The van der Waals surface area contributed by atoms with Crippen LogP contribution in [0.1, 0.15) is 144 Å². The smallest absolute Gasteiger partial charge is 0.232 e. The lowest BCUT2D eigenvalue weighted by atomic mass is 9.81. The zero-order valence-corrected chi connectivity index (χ0v) is 76.2. The Morgan fingerprint density at radius 2 is 0.468 bits per heavy atom. The SMILES string of the molecule is Cc1c(-c2nc3c(C)c4ccccc4cc3c[n+]2C)cc(C(C)(C)C)c2ccccc12.Cc1c(-c2nc3c(C)c4ccccc4cc3c[n+]2C)cc(C(C)(C)C)c2ccccc12.Cc1c(-c2nc3c(C)c4ccccc4cc3n[n+]2C)cc(C(C)(C)C)c2ccccc12.Cc1c(-c2nc3c(F)c4ccccc4cc3c[n+]2C)cc(C(C)(C)C)c2ccccc12. The maximum atomic E-state index is 15.4. The second-order valence-corrected chi connectivity index (χ2v) is 38.4. The van der Waals surface area contributed by atoms with Crippen LogP contribution in [0.25, 0.3) is 175 Å². The molecule has 4 aromatic heterocycles. The minimum absolute atomic E-state index is 0.0248. The average Bonchev–Trinajstić information content (AvgIpc) is 0.751. The molecule has 0 radical (unpaired) electrons. The van der Waals surface area contributed by atoms with Gasteiger partial charge in [0.2, 0.25) is 11.0 Å². The second kappa shape index (κ2) is 31.6. The lowest BCUT2D eigenvalue weighted by molar-refractivity contribution is -0.720. The number of fused-ring (bicyclic) bond motifs is 12. The van der Waals surface area contributed by atoms with E-state index in [0.29, 0.717) is 10.9 Å². The Kier molecular flexibility index (Phi) is 21.2. The number of hydrogen-bond donors (Lipinski definition) is 0. The Bertz CT molecular complexity index is 6880. The number of benzene rings is 16. The Morgan fingerprint density at radius 1 is 0.234 bits per heavy atom. The van der Waals surface area contributed by atoms with Crippen LogP contribution in [0.3, 0.4) is 0 Å². The normalized spacial score (nSPS) is 12.2. The molecule has 0 saturated carbocycles. The van der Waals surface area contributed by atoms with E-state index in [1.807, 2.05) is 59.9 Å². The maximum Gasteiger partial charge on any atom is 0.351 e. The lowest BCUT2D eigenvalue weighted by Gasteiger charge is -2.23. The molecule has 16 aromatic carbocycles. The zero-order chi connectivity index (χ0) is 87.7. The maximum absolute atomic E-state index is 15.4. The van der Waals surface area contributed by atoms with E-state index < -0.39 is 0 Å². The third-order valence-corrected chi connectivity index (χ3v) is 25.7. The molecule has 616 valence electrons. The van der Waals surface area contributed by atoms with Crippen LogP contribution in [0.2, 0.25) is 0 Å². The first-order valence-electron chi connectivity index (χ1n) is 43.5. The van der Waals surface area contributed by atoms with Crippen molar-refractivity contribution in [3.05, 3.63) is 328 Å². The van der Waals surface area contributed by atoms with E-state index in [4.69, 9.17) is 25.0 Å². The van der Waals surface area contributed by atoms with Crippen LogP contribution in [0, 0.1) is 54.3 Å². The summed E-state index contributed by atoms with van der Waals surface area (Å²) in [5, 5.41) is 27.4. The van der Waals surface area contributed by atoms with Crippen LogP contribution in [-0.4, -0.2) is 25.0 Å². The predicted molar refractivity (Wildman–Crippen MR) is 519 cm³/mol. The first-order valence-corrected chi connectivity index (χ1v) is 43.5. The molecule has 0 N–H and O–H groups in total. The Hall–Kier alpha value is -13.2.